The van der Waals surface area contributed by atoms with E-state index < -0.39 is 5.97 Å². The van der Waals surface area contributed by atoms with Crippen LogP contribution in [0.1, 0.15) is 33.6 Å². The lowest BCUT2D eigenvalue weighted by atomic mass is 10.1. The molecular formula is C18H13Cl2NO4. The molecule has 1 aliphatic heterocycles. The lowest BCUT2D eigenvalue weighted by Crippen LogP contribution is -2.31. The maximum absolute atomic E-state index is 12.2. The quantitative estimate of drug-likeness (QED) is 0.449. The van der Waals surface area contributed by atoms with Crippen LogP contribution in [0.15, 0.2) is 42.5 Å². The molecule has 1 aliphatic rings. The van der Waals surface area contributed by atoms with Gasteiger partial charge in [0.15, 0.2) is 0 Å². The number of rotatable bonds is 5. The normalized spacial score (nSPS) is 13.1. The number of ether oxygens (including phenoxy) is 1. The van der Waals surface area contributed by atoms with E-state index in [1.807, 2.05) is 0 Å². The van der Waals surface area contributed by atoms with E-state index in [4.69, 9.17) is 27.9 Å². The predicted octanol–water partition coefficient (Wildman–Crippen LogP) is 3.98. The molecule has 3 rings (SSSR count). The van der Waals surface area contributed by atoms with Crippen LogP contribution in [0.5, 0.6) is 5.75 Å². The van der Waals surface area contributed by atoms with E-state index in [1.54, 1.807) is 30.3 Å². The number of nitrogens with zero attached hydrogens (tertiary/aromatic N) is 1. The molecule has 1 heterocycles. The van der Waals surface area contributed by atoms with Gasteiger partial charge in [0.1, 0.15) is 5.75 Å². The van der Waals surface area contributed by atoms with Crippen LogP contribution < -0.4 is 4.74 Å². The molecule has 2 aromatic carbocycles. The van der Waals surface area contributed by atoms with Gasteiger partial charge in [-0.3, -0.25) is 19.3 Å². The van der Waals surface area contributed by atoms with Crippen LogP contribution >= 0.6 is 23.2 Å². The highest BCUT2D eigenvalue weighted by atomic mass is 35.5. The monoisotopic (exact) mass is 377 g/mol. The fraction of sp³-hybridized carbons (Fsp3) is 0.167. The van der Waals surface area contributed by atoms with Gasteiger partial charge in [0, 0.05) is 18.0 Å². The Morgan fingerprint density at radius 2 is 1.64 bits per heavy atom. The number of amides is 2. The van der Waals surface area contributed by atoms with Crippen LogP contribution in [0.25, 0.3) is 0 Å². The Hall–Kier alpha value is -2.37. The average molecular weight is 378 g/mol. The van der Waals surface area contributed by atoms with Crippen molar-refractivity contribution in [3.63, 3.8) is 0 Å². The number of hydrogen-bond donors (Lipinski definition) is 0. The Labute approximate surface area is 154 Å². The first kappa shape index (κ1) is 17.5. The lowest BCUT2D eigenvalue weighted by molar-refractivity contribution is -0.134. The molecule has 5 nitrogen and oxygen atoms in total. The zero-order chi connectivity index (χ0) is 18.0. The zero-order valence-corrected chi connectivity index (χ0v) is 14.5. The van der Waals surface area contributed by atoms with Crippen LogP contribution in [0.4, 0.5) is 0 Å². The van der Waals surface area contributed by atoms with Gasteiger partial charge >= 0.3 is 5.97 Å². The number of imide groups is 1. The van der Waals surface area contributed by atoms with Gasteiger partial charge in [-0.2, -0.15) is 0 Å². The third kappa shape index (κ3) is 3.67. The van der Waals surface area contributed by atoms with Gasteiger partial charge in [-0.05, 0) is 36.8 Å². The molecular weight excluding hydrogens is 365 g/mol. The van der Waals surface area contributed by atoms with Gasteiger partial charge in [0.2, 0.25) is 0 Å². The summed E-state index contributed by atoms with van der Waals surface area (Å²) >= 11 is 11.7. The molecule has 0 fully saturated rings. The van der Waals surface area contributed by atoms with E-state index in [9.17, 15) is 14.4 Å². The zero-order valence-electron chi connectivity index (χ0n) is 13.0. The number of halogens is 2. The second kappa shape index (κ2) is 7.25. The molecule has 0 unspecified atom stereocenters. The van der Waals surface area contributed by atoms with Gasteiger partial charge in [0.25, 0.3) is 11.8 Å². The Morgan fingerprint density at radius 3 is 2.24 bits per heavy atom. The first-order valence-electron chi connectivity index (χ1n) is 7.58. The summed E-state index contributed by atoms with van der Waals surface area (Å²) in [5.41, 5.74) is 0.783. The van der Waals surface area contributed by atoms with Crippen LogP contribution in [0.2, 0.25) is 10.0 Å². The van der Waals surface area contributed by atoms with E-state index in [1.165, 1.54) is 12.1 Å². The Bertz CT molecular complexity index is 831. The molecule has 0 N–H and O–H groups in total. The fourth-order valence-corrected chi connectivity index (χ4v) is 3.00. The van der Waals surface area contributed by atoms with Crippen molar-refractivity contribution in [2.24, 2.45) is 0 Å². The van der Waals surface area contributed by atoms with Crippen molar-refractivity contribution in [1.82, 2.24) is 4.90 Å². The summed E-state index contributed by atoms with van der Waals surface area (Å²) in [7, 11) is 0. The number of carbonyl (C=O) groups is 3. The third-order valence-corrected chi connectivity index (χ3v) is 4.29. The van der Waals surface area contributed by atoms with E-state index >= 15 is 0 Å². The van der Waals surface area contributed by atoms with Crippen molar-refractivity contribution in [3.8, 4) is 5.75 Å². The van der Waals surface area contributed by atoms with Crippen LogP contribution in [-0.2, 0) is 4.79 Å². The Balaban J connectivity index is 1.54. The lowest BCUT2D eigenvalue weighted by Gasteiger charge is -2.13. The van der Waals surface area contributed by atoms with Crippen LogP contribution in [-0.4, -0.2) is 29.2 Å². The van der Waals surface area contributed by atoms with Gasteiger partial charge in [-0.1, -0.05) is 35.3 Å². The number of fused-ring (bicyclic) bond motifs is 1. The van der Waals surface area contributed by atoms with Crippen molar-refractivity contribution in [2.75, 3.05) is 6.54 Å². The molecule has 0 aromatic heterocycles. The maximum Gasteiger partial charge on any atom is 0.311 e. The molecule has 0 bridgehead atoms. The summed E-state index contributed by atoms with van der Waals surface area (Å²) in [4.78, 5) is 37.5. The minimum atomic E-state index is -0.499. The molecule has 25 heavy (non-hydrogen) atoms. The predicted molar refractivity (Wildman–Crippen MR) is 93.1 cm³/mol. The smallest absolute Gasteiger partial charge is 0.311 e. The van der Waals surface area contributed by atoms with Crippen molar-refractivity contribution < 1.29 is 19.1 Å². The van der Waals surface area contributed by atoms with E-state index in [-0.39, 0.29) is 35.6 Å². The van der Waals surface area contributed by atoms with Gasteiger partial charge in [-0.25, -0.2) is 0 Å². The second-order valence-corrected chi connectivity index (χ2v) is 6.30. The summed E-state index contributed by atoms with van der Waals surface area (Å²) in [5, 5.41) is 0.677. The molecule has 0 radical (unpaired) electrons. The number of benzene rings is 2. The molecule has 0 aliphatic carbocycles. The summed E-state index contributed by atoms with van der Waals surface area (Å²) in [6.07, 6.45) is 0.349. The first-order chi connectivity index (χ1) is 12.0. The van der Waals surface area contributed by atoms with E-state index in [0.717, 1.165) is 4.90 Å². The van der Waals surface area contributed by atoms with Crippen molar-refractivity contribution in [3.05, 3.63) is 63.6 Å². The van der Waals surface area contributed by atoms with Gasteiger partial charge < -0.3 is 4.74 Å². The van der Waals surface area contributed by atoms with Gasteiger partial charge in [-0.15, -0.1) is 0 Å². The topological polar surface area (TPSA) is 63.7 Å². The molecule has 7 heteroatoms. The highest BCUT2D eigenvalue weighted by Gasteiger charge is 2.34. The maximum atomic E-state index is 12.2. The molecule has 128 valence electrons. The van der Waals surface area contributed by atoms with Crippen LogP contribution in [0, 0.1) is 0 Å². The summed E-state index contributed by atoms with van der Waals surface area (Å²) < 4.78 is 5.16. The van der Waals surface area contributed by atoms with E-state index in [0.29, 0.717) is 22.6 Å². The second-order valence-electron chi connectivity index (χ2n) is 5.46. The average Bonchev–Trinajstić information content (AvgIpc) is 2.83. The first-order valence-corrected chi connectivity index (χ1v) is 8.34. The SMILES string of the molecule is O=C(CCCN1C(=O)c2ccccc2C1=O)Oc1ccc(Cl)cc1Cl. The summed E-state index contributed by atoms with van der Waals surface area (Å²) in [6.45, 7) is 0.149. The highest BCUT2D eigenvalue weighted by Crippen LogP contribution is 2.28. The third-order valence-electron chi connectivity index (χ3n) is 3.76. The largest absolute Gasteiger partial charge is 0.425 e. The minimum Gasteiger partial charge on any atom is -0.425 e. The summed E-state index contributed by atoms with van der Waals surface area (Å²) in [5.74, 6) is -0.956. The highest BCUT2D eigenvalue weighted by molar-refractivity contribution is 6.35. The Morgan fingerprint density at radius 1 is 1.00 bits per heavy atom. The fourth-order valence-electron chi connectivity index (χ4n) is 2.56. The van der Waals surface area contributed by atoms with Gasteiger partial charge in [0.05, 0.1) is 16.1 Å². The molecule has 0 atom stereocenters. The molecule has 0 saturated heterocycles. The van der Waals surface area contributed by atoms with Crippen LogP contribution in [0.3, 0.4) is 0 Å². The molecule has 0 saturated carbocycles. The number of esters is 1. The number of hydrogen-bond acceptors (Lipinski definition) is 4. The Kier molecular flexibility index (Phi) is 5.06. The standard InChI is InChI=1S/C18H13Cl2NO4/c19-11-7-8-15(14(20)10-11)25-16(22)6-3-9-21-17(23)12-4-1-2-5-13(12)18(21)24/h1-2,4-5,7-8,10H,3,6,9H2. The van der Waals surface area contributed by atoms with Crippen molar-refractivity contribution >= 4 is 41.0 Å². The van der Waals surface area contributed by atoms with E-state index in [2.05, 4.69) is 0 Å². The molecule has 2 amide bonds. The molecule has 2 aromatic rings. The summed E-state index contributed by atoms with van der Waals surface area (Å²) in [6, 6.07) is 11.2. The van der Waals surface area contributed by atoms with Crippen molar-refractivity contribution in [1.29, 1.82) is 0 Å². The molecule has 0 spiro atoms. The van der Waals surface area contributed by atoms with Crippen molar-refractivity contribution in [2.45, 2.75) is 12.8 Å². The number of carbonyl (C=O) groups excluding carboxylic acids is 3. The minimum absolute atomic E-state index is 0.0480.